The Morgan fingerprint density at radius 3 is 2.74 bits per heavy atom. The van der Waals surface area contributed by atoms with Gasteiger partial charge in [0.2, 0.25) is 0 Å². The molecular weight excluding hydrogens is 327 g/mol. The maximum Gasteiger partial charge on any atom is 0.182 e. The van der Waals surface area contributed by atoms with Crippen molar-refractivity contribution in [2.75, 3.05) is 0 Å². The van der Waals surface area contributed by atoms with Crippen LogP contribution in [0, 0.1) is 17.5 Å². The molecule has 3 aromatic rings. The Balaban J connectivity index is 2.32. The lowest BCUT2D eigenvalue weighted by atomic mass is 10.2. The van der Waals surface area contributed by atoms with Crippen LogP contribution in [0.2, 0.25) is 0 Å². The van der Waals surface area contributed by atoms with Crippen LogP contribution in [-0.2, 0) is 0 Å². The van der Waals surface area contributed by atoms with Gasteiger partial charge in [0, 0.05) is 10.2 Å². The second-order valence-corrected chi connectivity index (χ2v) is 5.66. The van der Waals surface area contributed by atoms with Crippen molar-refractivity contribution in [3.05, 3.63) is 57.0 Å². The molecule has 0 unspecified atom stereocenters. The molecular formula is C14H10BrFN2S. The van der Waals surface area contributed by atoms with Gasteiger partial charge < -0.3 is 4.98 Å². The van der Waals surface area contributed by atoms with Gasteiger partial charge in [0.05, 0.1) is 11.0 Å². The summed E-state index contributed by atoms with van der Waals surface area (Å²) in [7, 11) is 0. The van der Waals surface area contributed by atoms with Crippen molar-refractivity contribution < 1.29 is 4.39 Å². The molecule has 0 aliphatic rings. The molecule has 0 atom stereocenters. The third-order valence-electron chi connectivity index (χ3n) is 3.04. The van der Waals surface area contributed by atoms with Gasteiger partial charge in [0.25, 0.3) is 0 Å². The summed E-state index contributed by atoms with van der Waals surface area (Å²) >= 11 is 8.78. The van der Waals surface area contributed by atoms with E-state index in [0.717, 1.165) is 21.2 Å². The Bertz CT molecular complexity index is 835. The van der Waals surface area contributed by atoms with Crippen molar-refractivity contribution in [1.82, 2.24) is 9.55 Å². The quantitative estimate of drug-likeness (QED) is 0.627. The first kappa shape index (κ1) is 12.6. The van der Waals surface area contributed by atoms with Crippen molar-refractivity contribution in [3.63, 3.8) is 0 Å². The van der Waals surface area contributed by atoms with E-state index in [2.05, 4.69) is 20.9 Å². The molecule has 5 heteroatoms. The first-order chi connectivity index (χ1) is 9.06. The van der Waals surface area contributed by atoms with Crippen molar-refractivity contribution in [3.8, 4) is 5.69 Å². The Morgan fingerprint density at radius 2 is 2.00 bits per heavy atom. The fraction of sp³-hybridized carbons (Fsp3) is 0.0714. The van der Waals surface area contributed by atoms with E-state index >= 15 is 0 Å². The molecule has 0 aliphatic heterocycles. The number of imidazole rings is 1. The number of nitrogens with zero attached hydrogens (tertiary/aromatic N) is 1. The van der Waals surface area contributed by atoms with Crippen LogP contribution < -0.4 is 0 Å². The van der Waals surface area contributed by atoms with Crippen LogP contribution in [0.1, 0.15) is 5.56 Å². The Kier molecular flexibility index (Phi) is 3.03. The number of halogens is 2. The van der Waals surface area contributed by atoms with Gasteiger partial charge in [-0.1, -0.05) is 15.9 Å². The molecule has 0 saturated carbocycles. The first-order valence-corrected chi connectivity index (χ1v) is 6.93. The van der Waals surface area contributed by atoms with Crippen molar-refractivity contribution in [2.45, 2.75) is 6.92 Å². The third kappa shape index (κ3) is 2.13. The summed E-state index contributed by atoms with van der Waals surface area (Å²) in [4.78, 5) is 3.15. The molecule has 1 aromatic heterocycles. The lowest BCUT2D eigenvalue weighted by molar-refractivity contribution is 0.618. The molecule has 0 bridgehead atoms. The van der Waals surface area contributed by atoms with E-state index in [1.54, 1.807) is 19.1 Å². The van der Waals surface area contributed by atoms with Crippen LogP contribution in [0.15, 0.2) is 40.9 Å². The summed E-state index contributed by atoms with van der Waals surface area (Å²) in [5.74, 6) is -0.210. The number of hydrogen-bond donors (Lipinski definition) is 1. The second kappa shape index (κ2) is 4.58. The molecule has 96 valence electrons. The molecule has 0 saturated heterocycles. The van der Waals surface area contributed by atoms with Crippen LogP contribution in [0.4, 0.5) is 4.39 Å². The van der Waals surface area contributed by atoms with E-state index < -0.39 is 0 Å². The lowest BCUT2D eigenvalue weighted by Gasteiger charge is -2.06. The number of aromatic nitrogens is 2. The summed E-state index contributed by atoms with van der Waals surface area (Å²) < 4.78 is 16.8. The lowest BCUT2D eigenvalue weighted by Crippen LogP contribution is -1.95. The smallest absolute Gasteiger partial charge is 0.182 e. The fourth-order valence-electron chi connectivity index (χ4n) is 2.11. The highest BCUT2D eigenvalue weighted by Gasteiger charge is 2.08. The van der Waals surface area contributed by atoms with Gasteiger partial charge in [-0.15, -0.1) is 0 Å². The number of nitrogens with one attached hydrogen (secondary N) is 1. The van der Waals surface area contributed by atoms with Gasteiger partial charge >= 0.3 is 0 Å². The summed E-state index contributed by atoms with van der Waals surface area (Å²) in [6, 6.07) is 10.9. The Morgan fingerprint density at radius 1 is 1.21 bits per heavy atom. The number of aryl methyl sites for hydroxylation is 1. The van der Waals surface area contributed by atoms with Gasteiger partial charge in [-0.05, 0) is 61.1 Å². The molecule has 0 amide bonds. The monoisotopic (exact) mass is 336 g/mol. The normalized spacial score (nSPS) is 11.1. The largest absolute Gasteiger partial charge is 0.330 e. The van der Waals surface area contributed by atoms with Crippen LogP contribution >= 0.6 is 28.1 Å². The Hall–Kier alpha value is -1.46. The summed E-state index contributed by atoms with van der Waals surface area (Å²) in [5, 5.41) is 0. The highest BCUT2D eigenvalue weighted by molar-refractivity contribution is 9.10. The SMILES string of the molecule is Cc1cc(-n2c(=S)[nH]c3cc(Br)ccc32)ccc1F. The topological polar surface area (TPSA) is 20.7 Å². The van der Waals surface area contributed by atoms with Gasteiger partial charge in [0.1, 0.15) is 5.82 Å². The van der Waals surface area contributed by atoms with E-state index in [9.17, 15) is 4.39 Å². The molecule has 3 rings (SSSR count). The number of H-pyrrole nitrogens is 1. The highest BCUT2D eigenvalue weighted by Crippen LogP contribution is 2.23. The van der Waals surface area contributed by atoms with Crippen LogP contribution in [0.3, 0.4) is 0 Å². The minimum Gasteiger partial charge on any atom is -0.330 e. The van der Waals surface area contributed by atoms with Crippen LogP contribution in [0.25, 0.3) is 16.7 Å². The van der Waals surface area contributed by atoms with Crippen molar-refractivity contribution in [1.29, 1.82) is 0 Å². The molecule has 0 spiro atoms. The number of aromatic amines is 1. The molecule has 2 aromatic carbocycles. The van der Waals surface area contributed by atoms with E-state index in [1.165, 1.54) is 6.07 Å². The molecule has 19 heavy (non-hydrogen) atoms. The zero-order chi connectivity index (χ0) is 13.6. The summed E-state index contributed by atoms with van der Waals surface area (Å²) in [6.45, 7) is 1.74. The minimum absolute atomic E-state index is 0.210. The maximum atomic E-state index is 13.4. The van der Waals surface area contributed by atoms with Gasteiger partial charge in [0.15, 0.2) is 4.77 Å². The second-order valence-electron chi connectivity index (χ2n) is 4.36. The fourth-order valence-corrected chi connectivity index (χ4v) is 2.78. The van der Waals surface area contributed by atoms with Gasteiger partial charge in [-0.3, -0.25) is 4.57 Å². The Labute approximate surface area is 123 Å². The molecule has 0 fully saturated rings. The van der Waals surface area contributed by atoms with E-state index in [-0.39, 0.29) is 5.82 Å². The number of fused-ring (bicyclic) bond motifs is 1. The maximum absolute atomic E-state index is 13.4. The van der Waals surface area contributed by atoms with Crippen LogP contribution in [-0.4, -0.2) is 9.55 Å². The predicted molar refractivity (Wildman–Crippen MR) is 80.9 cm³/mol. The predicted octanol–water partition coefficient (Wildman–Crippen LogP) is 4.90. The average Bonchev–Trinajstić information content (AvgIpc) is 2.68. The number of rotatable bonds is 1. The molecule has 0 radical (unpaired) electrons. The molecule has 1 N–H and O–H groups in total. The van der Waals surface area contributed by atoms with E-state index in [1.807, 2.05) is 22.8 Å². The molecule has 0 aliphatic carbocycles. The standard InChI is InChI=1S/C14H10BrFN2S/c1-8-6-10(3-4-11(8)16)18-13-5-2-9(15)7-12(13)17-14(18)19/h2-7H,1H3,(H,17,19). The zero-order valence-electron chi connectivity index (χ0n) is 10.1. The summed E-state index contributed by atoms with van der Waals surface area (Å²) in [5.41, 5.74) is 3.38. The van der Waals surface area contributed by atoms with E-state index in [4.69, 9.17) is 12.2 Å². The number of hydrogen-bond acceptors (Lipinski definition) is 1. The molecule has 1 heterocycles. The summed E-state index contributed by atoms with van der Waals surface area (Å²) in [6.07, 6.45) is 0. The van der Waals surface area contributed by atoms with Gasteiger partial charge in [-0.25, -0.2) is 4.39 Å². The van der Waals surface area contributed by atoms with Crippen molar-refractivity contribution in [2.24, 2.45) is 0 Å². The van der Waals surface area contributed by atoms with Gasteiger partial charge in [-0.2, -0.15) is 0 Å². The number of benzene rings is 2. The minimum atomic E-state index is -0.210. The highest BCUT2D eigenvalue weighted by atomic mass is 79.9. The van der Waals surface area contributed by atoms with Crippen LogP contribution in [0.5, 0.6) is 0 Å². The third-order valence-corrected chi connectivity index (χ3v) is 3.82. The molecule has 2 nitrogen and oxygen atoms in total. The van der Waals surface area contributed by atoms with Crippen molar-refractivity contribution >= 4 is 39.2 Å². The zero-order valence-corrected chi connectivity index (χ0v) is 12.5. The first-order valence-electron chi connectivity index (χ1n) is 5.73. The van der Waals surface area contributed by atoms with E-state index in [0.29, 0.717) is 10.3 Å². The average molecular weight is 337 g/mol.